The van der Waals surface area contributed by atoms with Crippen LogP contribution in [0.25, 0.3) is 11.0 Å². The van der Waals surface area contributed by atoms with Crippen molar-refractivity contribution in [2.75, 3.05) is 0 Å². The molecule has 1 aliphatic carbocycles. The molecular weight excluding hydrogens is 243 g/mol. The summed E-state index contributed by atoms with van der Waals surface area (Å²) in [5.41, 5.74) is 0.0182. The second-order valence-corrected chi connectivity index (χ2v) is 6.49. The van der Waals surface area contributed by atoms with Crippen LogP contribution in [0.1, 0.15) is 45.3 Å². The molecule has 2 aromatic rings. The van der Waals surface area contributed by atoms with E-state index < -0.39 is 5.60 Å². The summed E-state index contributed by atoms with van der Waals surface area (Å²) in [4.78, 5) is 0. The first-order chi connectivity index (χ1) is 8.88. The van der Waals surface area contributed by atoms with Gasteiger partial charge in [0, 0.05) is 5.39 Å². The minimum atomic E-state index is -0.898. The van der Waals surface area contributed by atoms with Gasteiger partial charge in [0.15, 0.2) is 0 Å². The maximum atomic E-state index is 13.2. The van der Waals surface area contributed by atoms with Crippen LogP contribution in [0.5, 0.6) is 0 Å². The van der Waals surface area contributed by atoms with Crippen LogP contribution >= 0.6 is 0 Å². The highest BCUT2D eigenvalue weighted by atomic mass is 19.1. The van der Waals surface area contributed by atoms with Crippen molar-refractivity contribution in [3.63, 3.8) is 0 Å². The van der Waals surface area contributed by atoms with Gasteiger partial charge in [0.25, 0.3) is 0 Å². The number of hydrogen-bond acceptors (Lipinski definition) is 2. The molecule has 1 aliphatic rings. The fourth-order valence-electron chi connectivity index (χ4n) is 2.83. The summed E-state index contributed by atoms with van der Waals surface area (Å²) in [6.45, 7) is 4.45. The molecular formula is C16H19FO2. The highest BCUT2D eigenvalue weighted by Gasteiger charge is 2.40. The van der Waals surface area contributed by atoms with Gasteiger partial charge in [0.05, 0.1) is 0 Å². The second-order valence-electron chi connectivity index (χ2n) is 6.49. The van der Waals surface area contributed by atoms with Crippen LogP contribution in [-0.2, 0) is 5.60 Å². The third-order valence-corrected chi connectivity index (χ3v) is 4.37. The van der Waals surface area contributed by atoms with Crippen molar-refractivity contribution in [2.24, 2.45) is 5.41 Å². The molecule has 0 atom stereocenters. The predicted octanol–water partition coefficient (Wildman–Crippen LogP) is 4.36. The van der Waals surface area contributed by atoms with E-state index in [4.69, 9.17) is 4.42 Å². The minimum absolute atomic E-state index is 0.281. The van der Waals surface area contributed by atoms with Crippen molar-refractivity contribution < 1.29 is 13.9 Å². The number of hydrogen-bond donors (Lipinski definition) is 1. The Morgan fingerprint density at radius 1 is 1.11 bits per heavy atom. The van der Waals surface area contributed by atoms with Crippen LogP contribution in [0, 0.1) is 11.2 Å². The van der Waals surface area contributed by atoms with Gasteiger partial charge in [-0.1, -0.05) is 13.8 Å². The van der Waals surface area contributed by atoms with Crippen molar-refractivity contribution in [1.82, 2.24) is 0 Å². The van der Waals surface area contributed by atoms with Crippen molar-refractivity contribution in [1.29, 1.82) is 0 Å². The van der Waals surface area contributed by atoms with E-state index in [1.165, 1.54) is 12.1 Å². The molecule has 0 radical (unpaired) electrons. The van der Waals surface area contributed by atoms with Gasteiger partial charge in [0.1, 0.15) is 22.8 Å². The fourth-order valence-corrected chi connectivity index (χ4v) is 2.83. The average molecular weight is 262 g/mol. The average Bonchev–Trinajstić information content (AvgIpc) is 2.77. The molecule has 102 valence electrons. The summed E-state index contributed by atoms with van der Waals surface area (Å²) in [5, 5.41) is 11.5. The lowest BCUT2D eigenvalue weighted by atomic mass is 9.70. The van der Waals surface area contributed by atoms with Gasteiger partial charge in [-0.15, -0.1) is 0 Å². The third kappa shape index (κ3) is 2.27. The maximum Gasteiger partial charge on any atom is 0.136 e. The molecule has 0 saturated heterocycles. The molecule has 0 aliphatic heterocycles. The van der Waals surface area contributed by atoms with E-state index in [1.54, 1.807) is 12.1 Å². The quantitative estimate of drug-likeness (QED) is 0.828. The van der Waals surface area contributed by atoms with Crippen LogP contribution in [-0.4, -0.2) is 5.11 Å². The molecule has 3 heteroatoms. The summed E-state index contributed by atoms with van der Waals surface area (Å²) < 4.78 is 18.9. The first-order valence-corrected chi connectivity index (χ1v) is 6.80. The molecule has 0 spiro atoms. The van der Waals surface area contributed by atoms with Crippen LogP contribution in [0.4, 0.5) is 4.39 Å². The standard InChI is InChI=1S/C16H19FO2/c1-15(2)5-7-16(18,8-6-15)14-10-11-9-12(17)3-4-13(11)19-14/h3-4,9-10,18H,5-8H2,1-2H3. The summed E-state index contributed by atoms with van der Waals surface area (Å²) in [7, 11) is 0. The van der Waals surface area contributed by atoms with Crippen molar-refractivity contribution in [3.05, 3.63) is 35.8 Å². The number of fused-ring (bicyclic) bond motifs is 1. The van der Waals surface area contributed by atoms with Crippen LogP contribution < -0.4 is 0 Å². The smallest absolute Gasteiger partial charge is 0.136 e. The largest absolute Gasteiger partial charge is 0.458 e. The zero-order valence-corrected chi connectivity index (χ0v) is 11.4. The van der Waals surface area contributed by atoms with Crippen LogP contribution in [0.2, 0.25) is 0 Å². The van der Waals surface area contributed by atoms with E-state index >= 15 is 0 Å². The zero-order valence-electron chi connectivity index (χ0n) is 11.4. The van der Waals surface area contributed by atoms with Crippen molar-refractivity contribution >= 4 is 11.0 Å². The van der Waals surface area contributed by atoms with Gasteiger partial charge in [-0.3, -0.25) is 0 Å². The van der Waals surface area contributed by atoms with Gasteiger partial charge in [-0.25, -0.2) is 4.39 Å². The third-order valence-electron chi connectivity index (χ3n) is 4.37. The molecule has 1 saturated carbocycles. The van der Waals surface area contributed by atoms with Crippen LogP contribution in [0.3, 0.4) is 0 Å². The monoisotopic (exact) mass is 262 g/mol. The van der Waals surface area contributed by atoms with Gasteiger partial charge in [-0.05, 0) is 55.4 Å². The number of rotatable bonds is 1. The Bertz CT molecular complexity index is 602. The first-order valence-electron chi connectivity index (χ1n) is 6.80. The number of halogens is 1. The topological polar surface area (TPSA) is 33.4 Å². The Morgan fingerprint density at radius 2 is 1.79 bits per heavy atom. The predicted molar refractivity (Wildman–Crippen MR) is 72.3 cm³/mol. The van der Waals surface area contributed by atoms with E-state index in [-0.39, 0.29) is 11.2 Å². The first kappa shape index (κ1) is 12.7. The van der Waals surface area contributed by atoms with E-state index in [0.29, 0.717) is 29.6 Å². The zero-order chi connectivity index (χ0) is 13.7. The Hall–Kier alpha value is -1.35. The molecule has 1 aromatic carbocycles. The molecule has 1 fully saturated rings. The molecule has 3 rings (SSSR count). The lowest BCUT2D eigenvalue weighted by Gasteiger charge is -2.38. The molecule has 19 heavy (non-hydrogen) atoms. The van der Waals surface area contributed by atoms with Gasteiger partial charge >= 0.3 is 0 Å². The molecule has 0 unspecified atom stereocenters. The lowest BCUT2D eigenvalue weighted by Crippen LogP contribution is -2.34. The summed E-state index contributed by atoms with van der Waals surface area (Å²) >= 11 is 0. The fraction of sp³-hybridized carbons (Fsp3) is 0.500. The highest BCUT2D eigenvalue weighted by molar-refractivity contribution is 5.78. The van der Waals surface area contributed by atoms with E-state index in [0.717, 1.165) is 12.8 Å². The Balaban J connectivity index is 1.95. The van der Waals surface area contributed by atoms with Gasteiger partial charge in [0.2, 0.25) is 0 Å². The van der Waals surface area contributed by atoms with Crippen molar-refractivity contribution in [3.8, 4) is 0 Å². The highest BCUT2D eigenvalue weighted by Crippen LogP contribution is 2.46. The molecule has 1 aromatic heterocycles. The summed E-state index contributed by atoms with van der Waals surface area (Å²) in [6, 6.07) is 6.21. The van der Waals surface area contributed by atoms with E-state index in [9.17, 15) is 9.50 Å². The Kier molecular flexibility index (Phi) is 2.72. The summed E-state index contributed by atoms with van der Waals surface area (Å²) in [5.74, 6) is 0.292. The minimum Gasteiger partial charge on any atom is -0.458 e. The SMILES string of the molecule is CC1(C)CCC(O)(c2cc3cc(F)ccc3o2)CC1. The summed E-state index contributed by atoms with van der Waals surface area (Å²) in [6.07, 6.45) is 3.33. The number of benzene rings is 1. The Morgan fingerprint density at radius 3 is 2.47 bits per heavy atom. The molecule has 0 bridgehead atoms. The number of aliphatic hydroxyl groups is 1. The molecule has 1 N–H and O–H groups in total. The molecule has 2 nitrogen and oxygen atoms in total. The van der Waals surface area contributed by atoms with Crippen molar-refractivity contribution in [2.45, 2.75) is 45.1 Å². The Labute approximate surface area is 112 Å². The second kappa shape index (κ2) is 4.07. The lowest BCUT2D eigenvalue weighted by molar-refractivity contribution is -0.0455. The van der Waals surface area contributed by atoms with Gasteiger partial charge in [-0.2, -0.15) is 0 Å². The van der Waals surface area contributed by atoms with Gasteiger partial charge < -0.3 is 9.52 Å². The van der Waals surface area contributed by atoms with Crippen LogP contribution in [0.15, 0.2) is 28.7 Å². The normalized spacial score (nSPS) is 21.7. The molecule has 1 heterocycles. The number of furan rings is 1. The maximum absolute atomic E-state index is 13.2. The molecule has 0 amide bonds. The van der Waals surface area contributed by atoms with E-state index in [2.05, 4.69) is 13.8 Å². The van der Waals surface area contributed by atoms with E-state index in [1.807, 2.05) is 0 Å².